The summed E-state index contributed by atoms with van der Waals surface area (Å²) in [6.45, 7) is 5.76. The Morgan fingerprint density at radius 2 is 2.00 bits per heavy atom. The van der Waals surface area contributed by atoms with E-state index in [2.05, 4.69) is 11.4 Å². The number of nitriles is 1. The molecule has 5 heteroatoms. The highest BCUT2D eigenvalue weighted by Crippen LogP contribution is 2.21. The van der Waals surface area contributed by atoms with Crippen LogP contribution in [0, 0.1) is 25.2 Å². The molecule has 1 atom stereocenters. The molecule has 1 heterocycles. The summed E-state index contributed by atoms with van der Waals surface area (Å²) in [5.41, 5.74) is 3.94. The Bertz CT molecular complexity index is 739. The molecule has 0 fully saturated rings. The third-order valence-electron chi connectivity index (χ3n) is 3.87. The van der Waals surface area contributed by atoms with Gasteiger partial charge < -0.3 is 15.0 Å². The van der Waals surface area contributed by atoms with Crippen LogP contribution < -0.4 is 5.32 Å². The Labute approximate surface area is 136 Å². The first-order valence-corrected chi connectivity index (χ1v) is 7.59. The third kappa shape index (κ3) is 3.61. The number of aliphatic hydroxyl groups is 1. The van der Waals surface area contributed by atoms with Crippen LogP contribution in [0.4, 0.5) is 0 Å². The molecule has 0 radical (unpaired) electrons. The van der Waals surface area contributed by atoms with Crippen LogP contribution in [0.1, 0.15) is 40.7 Å². The van der Waals surface area contributed by atoms with Crippen molar-refractivity contribution in [2.24, 2.45) is 0 Å². The van der Waals surface area contributed by atoms with E-state index in [1.807, 2.05) is 43.5 Å². The van der Waals surface area contributed by atoms with Gasteiger partial charge in [-0.15, -0.1) is 0 Å². The smallest absolute Gasteiger partial charge is 0.253 e. The minimum atomic E-state index is -0.140. The fraction of sp³-hybridized carbons (Fsp3) is 0.333. The van der Waals surface area contributed by atoms with E-state index >= 15 is 0 Å². The number of benzene rings is 1. The molecule has 0 aliphatic carbocycles. The number of aryl methyl sites for hydroxylation is 1. The summed E-state index contributed by atoms with van der Waals surface area (Å²) in [4.78, 5) is 12.4. The molecule has 2 aromatic rings. The van der Waals surface area contributed by atoms with Gasteiger partial charge in [0.05, 0.1) is 17.2 Å². The number of nitrogens with one attached hydrogen (secondary N) is 1. The number of carbonyl (C=O) groups excluding carboxylic acids is 1. The molecule has 1 amide bonds. The van der Waals surface area contributed by atoms with E-state index in [1.165, 1.54) is 0 Å². The van der Waals surface area contributed by atoms with Crippen LogP contribution in [0.5, 0.6) is 0 Å². The molecular formula is C18H21N3O2. The second kappa shape index (κ2) is 7.12. The van der Waals surface area contributed by atoms with Gasteiger partial charge in [0.1, 0.15) is 0 Å². The Morgan fingerprint density at radius 1 is 1.35 bits per heavy atom. The van der Waals surface area contributed by atoms with Crippen molar-refractivity contribution < 1.29 is 9.90 Å². The Hall–Kier alpha value is -2.58. The van der Waals surface area contributed by atoms with Crippen molar-refractivity contribution in [3.8, 4) is 11.8 Å². The predicted molar refractivity (Wildman–Crippen MR) is 88.6 cm³/mol. The fourth-order valence-corrected chi connectivity index (χ4v) is 2.64. The summed E-state index contributed by atoms with van der Waals surface area (Å²) >= 11 is 0. The average molecular weight is 311 g/mol. The molecule has 0 saturated heterocycles. The lowest BCUT2D eigenvalue weighted by Gasteiger charge is -2.13. The zero-order valence-electron chi connectivity index (χ0n) is 13.6. The lowest BCUT2D eigenvalue weighted by atomic mass is 10.2. The van der Waals surface area contributed by atoms with Gasteiger partial charge in [-0.25, -0.2) is 0 Å². The van der Waals surface area contributed by atoms with E-state index in [1.54, 1.807) is 12.1 Å². The average Bonchev–Trinajstić information content (AvgIpc) is 2.82. The Kier molecular flexibility index (Phi) is 5.20. The van der Waals surface area contributed by atoms with Gasteiger partial charge in [0.25, 0.3) is 5.91 Å². The summed E-state index contributed by atoms with van der Waals surface area (Å²) in [6.07, 6.45) is 0.528. The van der Waals surface area contributed by atoms with Crippen molar-refractivity contribution in [3.05, 3.63) is 52.8 Å². The van der Waals surface area contributed by atoms with Gasteiger partial charge in [-0.3, -0.25) is 4.79 Å². The van der Waals surface area contributed by atoms with Gasteiger partial charge in [-0.05, 0) is 57.5 Å². The molecular weight excluding hydrogens is 290 g/mol. The molecule has 1 aromatic heterocycles. The van der Waals surface area contributed by atoms with Gasteiger partial charge in [0.2, 0.25) is 0 Å². The monoisotopic (exact) mass is 311 g/mol. The zero-order valence-corrected chi connectivity index (χ0v) is 13.6. The number of carbonyl (C=O) groups is 1. The Balaban J connectivity index is 2.32. The van der Waals surface area contributed by atoms with Crippen molar-refractivity contribution in [2.75, 3.05) is 6.61 Å². The predicted octanol–water partition coefficient (Wildman–Crippen LogP) is 2.47. The molecule has 2 N–H and O–H groups in total. The maximum atomic E-state index is 12.4. The van der Waals surface area contributed by atoms with Crippen molar-refractivity contribution in [3.63, 3.8) is 0 Å². The number of aliphatic hydroxyl groups excluding tert-OH is 1. The van der Waals surface area contributed by atoms with Gasteiger partial charge in [0.15, 0.2) is 0 Å². The van der Waals surface area contributed by atoms with Gasteiger partial charge in [0, 0.05) is 29.7 Å². The molecule has 120 valence electrons. The van der Waals surface area contributed by atoms with Crippen molar-refractivity contribution in [1.82, 2.24) is 9.88 Å². The van der Waals surface area contributed by atoms with Crippen LogP contribution >= 0.6 is 0 Å². The summed E-state index contributed by atoms with van der Waals surface area (Å²) in [5.74, 6) is -0.140. The van der Waals surface area contributed by atoms with Crippen molar-refractivity contribution in [1.29, 1.82) is 5.26 Å². The van der Waals surface area contributed by atoms with Crippen LogP contribution in [0.3, 0.4) is 0 Å². The molecule has 2 rings (SSSR count). The molecule has 23 heavy (non-hydrogen) atoms. The molecule has 5 nitrogen and oxygen atoms in total. The van der Waals surface area contributed by atoms with Crippen molar-refractivity contribution in [2.45, 2.75) is 33.2 Å². The van der Waals surface area contributed by atoms with E-state index in [0.717, 1.165) is 17.1 Å². The van der Waals surface area contributed by atoms with E-state index in [0.29, 0.717) is 17.5 Å². The first-order valence-electron chi connectivity index (χ1n) is 7.59. The van der Waals surface area contributed by atoms with Crippen LogP contribution in [0.25, 0.3) is 5.69 Å². The Morgan fingerprint density at radius 3 is 2.57 bits per heavy atom. The summed E-state index contributed by atoms with van der Waals surface area (Å²) < 4.78 is 1.99. The summed E-state index contributed by atoms with van der Waals surface area (Å²) in [7, 11) is 0. The number of rotatable bonds is 5. The lowest BCUT2D eigenvalue weighted by molar-refractivity contribution is 0.0934. The number of hydrogen-bond acceptors (Lipinski definition) is 3. The minimum Gasteiger partial charge on any atom is -0.396 e. The standard InChI is InChI=1S/C18H21N3O2/c1-12(8-9-22)20-18(23)17-10-13(2)21(14(17)3)16-6-4-15(11-19)5-7-16/h4-7,10,12,22H,8-9H2,1-3H3,(H,20,23). The van der Waals surface area contributed by atoms with Crippen molar-refractivity contribution >= 4 is 5.91 Å². The first kappa shape index (κ1) is 16.8. The highest BCUT2D eigenvalue weighted by molar-refractivity contribution is 5.96. The molecule has 1 unspecified atom stereocenters. The van der Waals surface area contributed by atoms with Gasteiger partial charge in [-0.2, -0.15) is 5.26 Å². The molecule has 0 spiro atoms. The topological polar surface area (TPSA) is 78.0 Å². The second-order valence-electron chi connectivity index (χ2n) is 5.67. The first-order chi connectivity index (χ1) is 11.0. The zero-order chi connectivity index (χ0) is 17.0. The third-order valence-corrected chi connectivity index (χ3v) is 3.87. The molecule has 0 aliphatic rings. The normalized spacial score (nSPS) is 11.8. The number of hydrogen-bond donors (Lipinski definition) is 2. The van der Waals surface area contributed by atoms with E-state index in [-0.39, 0.29) is 18.6 Å². The maximum Gasteiger partial charge on any atom is 0.253 e. The number of amides is 1. The number of aromatic nitrogens is 1. The van der Waals surface area contributed by atoms with E-state index < -0.39 is 0 Å². The fourth-order valence-electron chi connectivity index (χ4n) is 2.64. The maximum absolute atomic E-state index is 12.4. The molecule has 1 aromatic carbocycles. The highest BCUT2D eigenvalue weighted by Gasteiger charge is 2.18. The molecule has 0 bridgehead atoms. The quantitative estimate of drug-likeness (QED) is 0.890. The van der Waals surface area contributed by atoms with E-state index in [9.17, 15) is 4.79 Å². The minimum absolute atomic E-state index is 0.0473. The molecule has 0 saturated carbocycles. The van der Waals surface area contributed by atoms with Crippen LogP contribution in [0.2, 0.25) is 0 Å². The number of nitrogens with zero attached hydrogens (tertiary/aromatic N) is 2. The second-order valence-corrected chi connectivity index (χ2v) is 5.67. The highest BCUT2D eigenvalue weighted by atomic mass is 16.3. The molecule has 0 aliphatic heterocycles. The summed E-state index contributed by atoms with van der Waals surface area (Å²) in [5, 5.41) is 20.7. The van der Waals surface area contributed by atoms with Crippen LogP contribution in [-0.4, -0.2) is 28.2 Å². The summed E-state index contributed by atoms with van der Waals surface area (Å²) in [6, 6.07) is 11.1. The van der Waals surface area contributed by atoms with Crippen LogP contribution in [0.15, 0.2) is 30.3 Å². The van der Waals surface area contributed by atoms with Crippen LogP contribution in [-0.2, 0) is 0 Å². The van der Waals surface area contributed by atoms with Gasteiger partial charge in [-0.1, -0.05) is 0 Å². The SMILES string of the molecule is Cc1cc(C(=O)NC(C)CCO)c(C)n1-c1ccc(C#N)cc1. The van der Waals surface area contributed by atoms with E-state index in [4.69, 9.17) is 10.4 Å². The lowest BCUT2D eigenvalue weighted by Crippen LogP contribution is -2.33. The van der Waals surface area contributed by atoms with Gasteiger partial charge >= 0.3 is 0 Å². The largest absolute Gasteiger partial charge is 0.396 e.